The van der Waals surface area contributed by atoms with Gasteiger partial charge in [0.25, 0.3) is 10.0 Å². The molecule has 0 fully saturated rings. The molecule has 0 aliphatic heterocycles. The molecule has 0 saturated heterocycles. The van der Waals surface area contributed by atoms with Crippen molar-refractivity contribution in [1.82, 2.24) is 9.71 Å². The third kappa shape index (κ3) is 3.42. The quantitative estimate of drug-likeness (QED) is 0.841. The maximum Gasteiger partial charge on any atom is 0.356 e. The fourth-order valence-electron chi connectivity index (χ4n) is 1.69. The molecule has 0 aliphatic rings. The highest BCUT2D eigenvalue weighted by atomic mass is 32.2. The number of carboxylic acids is 1. The molecular weight excluding hydrogens is 320 g/mol. The maximum absolute atomic E-state index is 12.2. The highest BCUT2D eigenvalue weighted by Gasteiger charge is 2.27. The first kappa shape index (κ1) is 15.1. The second kappa shape index (κ2) is 6.00. The van der Waals surface area contributed by atoms with Crippen molar-refractivity contribution in [3.05, 3.63) is 33.6 Å². The largest absolute Gasteiger partial charge is 0.476 e. The number of carbonyl (C=O) groups is 1. The summed E-state index contributed by atoms with van der Waals surface area (Å²) in [5.41, 5.74) is 1.81. The molecule has 0 amide bonds. The Morgan fingerprint density at radius 1 is 1.55 bits per heavy atom. The van der Waals surface area contributed by atoms with Crippen LogP contribution in [0.3, 0.4) is 0 Å². The lowest BCUT2D eigenvalue weighted by atomic mass is 10.1. The van der Waals surface area contributed by atoms with Gasteiger partial charge in [0.05, 0.1) is 5.51 Å². The van der Waals surface area contributed by atoms with Crippen LogP contribution in [0.5, 0.6) is 0 Å². The topological polar surface area (TPSA) is 96.4 Å². The molecule has 2 heterocycles. The smallest absolute Gasteiger partial charge is 0.356 e. The molecule has 108 valence electrons. The molecule has 1 unspecified atom stereocenters. The van der Waals surface area contributed by atoms with E-state index in [-0.39, 0.29) is 10.3 Å². The van der Waals surface area contributed by atoms with E-state index in [1.807, 2.05) is 16.8 Å². The van der Waals surface area contributed by atoms with Crippen LogP contribution in [0.2, 0.25) is 0 Å². The second-order valence-electron chi connectivity index (χ2n) is 4.15. The molecule has 9 heteroatoms. The molecular formula is C11H12N2O4S3. The summed E-state index contributed by atoms with van der Waals surface area (Å²) in [4.78, 5) is 14.5. The third-order valence-electron chi connectivity index (χ3n) is 2.46. The van der Waals surface area contributed by atoms with E-state index in [4.69, 9.17) is 5.11 Å². The van der Waals surface area contributed by atoms with Crippen LogP contribution in [0.15, 0.2) is 26.5 Å². The lowest BCUT2D eigenvalue weighted by Gasteiger charge is -2.12. The highest BCUT2D eigenvalue weighted by molar-refractivity contribution is 7.91. The monoisotopic (exact) mass is 332 g/mol. The summed E-state index contributed by atoms with van der Waals surface area (Å²) in [6.07, 6.45) is 0.546. The molecule has 2 N–H and O–H groups in total. The number of hydrogen-bond donors (Lipinski definition) is 2. The van der Waals surface area contributed by atoms with E-state index >= 15 is 0 Å². The molecule has 0 bridgehead atoms. The fourth-order valence-corrected chi connectivity index (χ4v) is 4.77. The Hall–Kier alpha value is -1.29. The van der Waals surface area contributed by atoms with Crippen LogP contribution in [-0.4, -0.2) is 30.5 Å². The average Bonchev–Trinajstić information content (AvgIpc) is 2.97. The summed E-state index contributed by atoms with van der Waals surface area (Å²) < 4.78 is 26.5. The molecule has 20 heavy (non-hydrogen) atoms. The molecule has 2 aromatic heterocycles. The average molecular weight is 332 g/mol. The SMILES string of the molecule is CC(Cc1ccsc1)NS(=O)(=O)c1scnc1C(=O)O. The Labute approximate surface area is 124 Å². The van der Waals surface area contributed by atoms with Crippen LogP contribution in [0.1, 0.15) is 23.0 Å². The van der Waals surface area contributed by atoms with Crippen molar-refractivity contribution in [2.75, 3.05) is 0 Å². The van der Waals surface area contributed by atoms with Gasteiger partial charge in [-0.1, -0.05) is 0 Å². The van der Waals surface area contributed by atoms with E-state index in [2.05, 4.69) is 9.71 Å². The lowest BCUT2D eigenvalue weighted by molar-refractivity contribution is 0.0687. The van der Waals surface area contributed by atoms with Crippen LogP contribution in [0.25, 0.3) is 0 Å². The summed E-state index contributed by atoms with van der Waals surface area (Å²) in [5, 5.41) is 12.8. The lowest BCUT2D eigenvalue weighted by Crippen LogP contribution is -2.34. The zero-order chi connectivity index (χ0) is 14.8. The second-order valence-corrected chi connectivity index (χ2v) is 7.70. The number of thiazole rings is 1. The summed E-state index contributed by atoms with van der Waals surface area (Å²) in [6, 6.07) is 1.59. The Morgan fingerprint density at radius 3 is 2.90 bits per heavy atom. The normalized spacial score (nSPS) is 13.2. The van der Waals surface area contributed by atoms with Gasteiger partial charge in [0, 0.05) is 6.04 Å². The zero-order valence-corrected chi connectivity index (χ0v) is 12.9. The minimum absolute atomic E-state index is 0.262. The van der Waals surface area contributed by atoms with Crippen molar-refractivity contribution >= 4 is 38.7 Å². The molecule has 1 atom stereocenters. The Balaban J connectivity index is 2.14. The third-order valence-corrected chi connectivity index (χ3v) is 6.15. The zero-order valence-electron chi connectivity index (χ0n) is 10.4. The van der Waals surface area contributed by atoms with E-state index in [9.17, 15) is 13.2 Å². The van der Waals surface area contributed by atoms with Crippen molar-refractivity contribution < 1.29 is 18.3 Å². The number of sulfonamides is 1. The van der Waals surface area contributed by atoms with Gasteiger partial charge in [-0.2, -0.15) is 11.3 Å². The summed E-state index contributed by atoms with van der Waals surface area (Å²) in [7, 11) is -3.87. The van der Waals surface area contributed by atoms with Crippen molar-refractivity contribution in [2.45, 2.75) is 23.6 Å². The minimum Gasteiger partial charge on any atom is -0.476 e. The van der Waals surface area contributed by atoms with Gasteiger partial charge in [-0.25, -0.2) is 22.9 Å². The van der Waals surface area contributed by atoms with E-state index in [1.54, 1.807) is 18.3 Å². The number of nitrogens with one attached hydrogen (secondary N) is 1. The number of aromatic nitrogens is 1. The van der Waals surface area contributed by atoms with E-state index < -0.39 is 21.7 Å². The van der Waals surface area contributed by atoms with Crippen LogP contribution in [0.4, 0.5) is 0 Å². The van der Waals surface area contributed by atoms with Gasteiger partial charge in [0.2, 0.25) is 0 Å². The standard InChI is InChI=1S/C11H12N2O4S3/c1-7(4-8-2-3-18-5-8)13-20(16,17)11-9(10(14)15)12-6-19-11/h2-3,5-7,13H,4H2,1H3,(H,14,15). The number of nitrogens with zero attached hydrogens (tertiary/aromatic N) is 1. The molecule has 2 rings (SSSR count). The molecule has 0 spiro atoms. The first-order chi connectivity index (χ1) is 9.40. The summed E-state index contributed by atoms with van der Waals surface area (Å²) in [5.74, 6) is -1.35. The minimum atomic E-state index is -3.87. The molecule has 0 aromatic carbocycles. The van der Waals surface area contributed by atoms with Gasteiger partial charge >= 0.3 is 5.97 Å². The molecule has 0 radical (unpaired) electrons. The van der Waals surface area contributed by atoms with Crippen LogP contribution in [0, 0.1) is 0 Å². The van der Waals surface area contributed by atoms with Crippen molar-refractivity contribution in [3.8, 4) is 0 Å². The van der Waals surface area contributed by atoms with Crippen LogP contribution in [-0.2, 0) is 16.4 Å². The predicted octanol–water partition coefficient (Wildman–Crippen LogP) is 1.81. The van der Waals surface area contributed by atoms with Crippen molar-refractivity contribution in [1.29, 1.82) is 0 Å². The molecule has 0 saturated carbocycles. The Bertz CT molecular complexity index is 691. The van der Waals surface area contributed by atoms with Gasteiger partial charge in [-0.3, -0.25) is 0 Å². The van der Waals surface area contributed by atoms with E-state index in [1.165, 1.54) is 5.51 Å². The Kier molecular flexibility index (Phi) is 4.53. The first-order valence-electron chi connectivity index (χ1n) is 5.60. The maximum atomic E-state index is 12.2. The number of thiophene rings is 1. The van der Waals surface area contributed by atoms with E-state index in [0.29, 0.717) is 6.42 Å². The number of hydrogen-bond acceptors (Lipinski definition) is 6. The number of carboxylic acid groups (broad SMARTS) is 1. The van der Waals surface area contributed by atoms with Gasteiger partial charge in [-0.15, -0.1) is 11.3 Å². The molecule has 0 aliphatic carbocycles. The van der Waals surface area contributed by atoms with Gasteiger partial charge in [-0.05, 0) is 35.7 Å². The van der Waals surface area contributed by atoms with Crippen molar-refractivity contribution in [3.63, 3.8) is 0 Å². The molecule has 2 aromatic rings. The van der Waals surface area contributed by atoms with Gasteiger partial charge in [0.15, 0.2) is 9.90 Å². The first-order valence-corrected chi connectivity index (χ1v) is 8.91. The summed E-state index contributed by atoms with van der Waals surface area (Å²) in [6.45, 7) is 1.73. The van der Waals surface area contributed by atoms with E-state index in [0.717, 1.165) is 16.9 Å². The highest BCUT2D eigenvalue weighted by Crippen LogP contribution is 2.20. The van der Waals surface area contributed by atoms with Crippen molar-refractivity contribution in [2.24, 2.45) is 0 Å². The fraction of sp³-hybridized carbons (Fsp3) is 0.273. The van der Waals surface area contributed by atoms with Crippen LogP contribution >= 0.6 is 22.7 Å². The van der Waals surface area contributed by atoms with Crippen LogP contribution < -0.4 is 4.72 Å². The van der Waals surface area contributed by atoms with Gasteiger partial charge in [0.1, 0.15) is 0 Å². The van der Waals surface area contributed by atoms with Gasteiger partial charge < -0.3 is 5.11 Å². The Morgan fingerprint density at radius 2 is 2.30 bits per heavy atom. The number of rotatable bonds is 6. The predicted molar refractivity (Wildman–Crippen MR) is 76.9 cm³/mol. The number of aromatic carboxylic acids is 1. The summed E-state index contributed by atoms with van der Waals surface area (Å²) >= 11 is 2.34. The molecule has 6 nitrogen and oxygen atoms in total.